The lowest BCUT2D eigenvalue weighted by atomic mass is 9.99. The van der Waals surface area contributed by atoms with Crippen molar-refractivity contribution < 1.29 is 17.6 Å². The van der Waals surface area contributed by atoms with E-state index >= 15 is 4.39 Å². The van der Waals surface area contributed by atoms with Gasteiger partial charge in [-0.05, 0) is 61.4 Å². The second-order valence-electron chi connectivity index (χ2n) is 9.20. The van der Waals surface area contributed by atoms with Gasteiger partial charge in [0.1, 0.15) is 58.1 Å². The van der Waals surface area contributed by atoms with Gasteiger partial charge < -0.3 is 10.2 Å². The van der Waals surface area contributed by atoms with E-state index in [1.54, 1.807) is 26.0 Å². The fourth-order valence-electron chi connectivity index (χ4n) is 4.80. The number of benzene rings is 3. The van der Waals surface area contributed by atoms with E-state index in [4.69, 9.17) is 10.2 Å². The second kappa shape index (κ2) is 9.09. The lowest BCUT2D eigenvalue weighted by molar-refractivity contribution is 0.444. The van der Waals surface area contributed by atoms with Gasteiger partial charge in [-0.1, -0.05) is 24.3 Å². The predicted octanol–water partition coefficient (Wildman–Crippen LogP) is 6.18. The predicted molar refractivity (Wildman–Crippen MR) is 142 cm³/mol. The van der Waals surface area contributed by atoms with Crippen LogP contribution in [0.5, 0.6) is 0 Å². The molecule has 0 saturated carbocycles. The minimum Gasteiger partial charge on any atom is -0.458 e. The summed E-state index contributed by atoms with van der Waals surface area (Å²) in [7, 11) is 0. The SMILES string of the molecule is Cc1ccc(-c2nn(C(C)c3oc4cccc(F)c4c(=O)c3-c3cccc(F)c3)c3ncnc(N)c23)c(F)c1. The molecule has 0 amide bonds. The Morgan fingerprint density at radius 2 is 1.74 bits per heavy atom. The van der Waals surface area contributed by atoms with Gasteiger partial charge >= 0.3 is 0 Å². The van der Waals surface area contributed by atoms with Crippen LogP contribution in [-0.4, -0.2) is 19.7 Å². The molecule has 0 fully saturated rings. The maximum atomic E-state index is 15.1. The van der Waals surface area contributed by atoms with Gasteiger partial charge in [0.25, 0.3) is 0 Å². The lowest BCUT2D eigenvalue weighted by Gasteiger charge is -2.17. The van der Waals surface area contributed by atoms with E-state index in [1.165, 1.54) is 53.5 Å². The third-order valence-electron chi connectivity index (χ3n) is 6.65. The summed E-state index contributed by atoms with van der Waals surface area (Å²) in [5.41, 5.74) is 7.08. The molecule has 1 unspecified atom stereocenters. The third kappa shape index (κ3) is 3.92. The Bertz CT molecular complexity index is 1980. The van der Waals surface area contributed by atoms with Crippen molar-refractivity contribution in [1.82, 2.24) is 19.7 Å². The van der Waals surface area contributed by atoms with Crippen molar-refractivity contribution >= 4 is 27.8 Å². The van der Waals surface area contributed by atoms with Crippen molar-refractivity contribution in [2.45, 2.75) is 19.9 Å². The molecule has 7 nitrogen and oxygen atoms in total. The van der Waals surface area contributed by atoms with Gasteiger partial charge in [0, 0.05) is 5.56 Å². The average molecular weight is 528 g/mol. The summed E-state index contributed by atoms with van der Waals surface area (Å²) in [6.45, 7) is 3.45. The Hall–Kier alpha value is -4.99. The number of nitrogen functional groups attached to an aromatic ring is 1. The molecule has 194 valence electrons. The van der Waals surface area contributed by atoms with Crippen molar-refractivity contribution in [2.24, 2.45) is 0 Å². The highest BCUT2D eigenvalue weighted by atomic mass is 19.1. The van der Waals surface area contributed by atoms with Crippen LogP contribution >= 0.6 is 0 Å². The summed E-state index contributed by atoms with van der Waals surface area (Å²) in [4.78, 5) is 22.1. The highest BCUT2D eigenvalue weighted by Crippen LogP contribution is 2.37. The Kier molecular flexibility index (Phi) is 5.67. The highest BCUT2D eigenvalue weighted by Gasteiger charge is 2.28. The maximum Gasteiger partial charge on any atom is 0.203 e. The monoisotopic (exact) mass is 527 g/mol. The minimum atomic E-state index is -0.845. The fraction of sp³-hybridized carbons (Fsp3) is 0.103. The average Bonchev–Trinajstić information content (AvgIpc) is 3.28. The molecule has 3 heterocycles. The third-order valence-corrected chi connectivity index (χ3v) is 6.65. The summed E-state index contributed by atoms with van der Waals surface area (Å²) < 4.78 is 51.6. The summed E-state index contributed by atoms with van der Waals surface area (Å²) in [6.07, 6.45) is 1.25. The van der Waals surface area contributed by atoms with Gasteiger partial charge in [-0.2, -0.15) is 5.10 Å². The molecule has 2 N–H and O–H groups in total. The minimum absolute atomic E-state index is 0.0115. The molecular formula is C29H20F3N5O2. The van der Waals surface area contributed by atoms with E-state index in [9.17, 15) is 13.6 Å². The fourth-order valence-corrected chi connectivity index (χ4v) is 4.80. The van der Waals surface area contributed by atoms with Gasteiger partial charge in [0.2, 0.25) is 5.43 Å². The first kappa shape index (κ1) is 24.4. The first-order chi connectivity index (χ1) is 18.7. The number of rotatable bonds is 4. The summed E-state index contributed by atoms with van der Waals surface area (Å²) >= 11 is 0. The van der Waals surface area contributed by atoms with Crippen molar-refractivity contribution in [1.29, 1.82) is 0 Å². The van der Waals surface area contributed by atoms with E-state index in [1.807, 2.05) is 0 Å². The van der Waals surface area contributed by atoms with Crippen LogP contribution in [0.2, 0.25) is 0 Å². The van der Waals surface area contributed by atoms with Crippen LogP contribution in [0.25, 0.3) is 44.4 Å². The van der Waals surface area contributed by atoms with Gasteiger partial charge in [0.15, 0.2) is 5.65 Å². The van der Waals surface area contributed by atoms with Crippen molar-refractivity contribution in [2.75, 3.05) is 5.73 Å². The van der Waals surface area contributed by atoms with Gasteiger partial charge in [0.05, 0.1) is 10.9 Å². The molecule has 0 aliphatic carbocycles. The molecule has 0 spiro atoms. The normalized spacial score (nSPS) is 12.3. The number of fused-ring (bicyclic) bond motifs is 2. The van der Waals surface area contributed by atoms with E-state index < -0.39 is 28.9 Å². The van der Waals surface area contributed by atoms with Crippen molar-refractivity contribution in [3.63, 3.8) is 0 Å². The summed E-state index contributed by atoms with van der Waals surface area (Å²) in [5, 5.41) is 4.71. The number of nitrogens with two attached hydrogens (primary N) is 1. The number of nitrogens with zero attached hydrogens (tertiary/aromatic N) is 4. The maximum absolute atomic E-state index is 15.1. The molecule has 0 radical (unpaired) electrons. The van der Waals surface area contributed by atoms with Crippen molar-refractivity contribution in [3.05, 3.63) is 106 Å². The van der Waals surface area contributed by atoms with E-state index in [0.717, 1.165) is 11.6 Å². The topological polar surface area (TPSA) is 99.8 Å². The lowest BCUT2D eigenvalue weighted by Crippen LogP contribution is -2.17. The molecule has 3 aromatic carbocycles. The number of aryl methyl sites for hydroxylation is 1. The van der Waals surface area contributed by atoms with Gasteiger partial charge in [-0.15, -0.1) is 0 Å². The van der Waals surface area contributed by atoms with E-state index in [0.29, 0.717) is 5.39 Å². The van der Waals surface area contributed by atoms with Crippen LogP contribution in [0.1, 0.15) is 24.3 Å². The molecule has 39 heavy (non-hydrogen) atoms. The number of hydrogen-bond donors (Lipinski definition) is 1. The van der Waals surface area contributed by atoms with Crippen LogP contribution in [-0.2, 0) is 0 Å². The summed E-state index contributed by atoms with van der Waals surface area (Å²) in [5.74, 6) is -1.69. The Morgan fingerprint density at radius 1 is 0.949 bits per heavy atom. The van der Waals surface area contributed by atoms with Crippen molar-refractivity contribution in [3.8, 4) is 22.4 Å². The van der Waals surface area contributed by atoms with Crippen LogP contribution in [0.15, 0.2) is 76.2 Å². The number of halogens is 3. The van der Waals surface area contributed by atoms with E-state index in [-0.39, 0.29) is 50.6 Å². The van der Waals surface area contributed by atoms with Crippen LogP contribution in [0.4, 0.5) is 19.0 Å². The quantitative estimate of drug-likeness (QED) is 0.294. The smallest absolute Gasteiger partial charge is 0.203 e. The van der Waals surface area contributed by atoms with Gasteiger partial charge in [-0.3, -0.25) is 4.79 Å². The zero-order valence-corrected chi connectivity index (χ0v) is 20.7. The number of aromatic nitrogens is 4. The van der Waals surface area contributed by atoms with Crippen LogP contribution in [0.3, 0.4) is 0 Å². The Balaban J connectivity index is 1.66. The molecule has 6 rings (SSSR count). The number of hydrogen-bond acceptors (Lipinski definition) is 6. The van der Waals surface area contributed by atoms with Crippen LogP contribution < -0.4 is 11.2 Å². The highest BCUT2D eigenvalue weighted by molar-refractivity contribution is 5.98. The first-order valence-electron chi connectivity index (χ1n) is 12.0. The summed E-state index contributed by atoms with van der Waals surface area (Å²) in [6, 6.07) is 13.3. The number of anilines is 1. The Labute approximate surface area is 219 Å². The largest absolute Gasteiger partial charge is 0.458 e. The molecule has 6 aromatic rings. The molecule has 0 aliphatic rings. The zero-order valence-electron chi connectivity index (χ0n) is 20.7. The molecule has 0 saturated heterocycles. The zero-order chi connectivity index (χ0) is 27.4. The standard InChI is InChI=1S/C29H20F3N5O2/c1-14-9-10-18(20(32)11-14)25-24-28(33)34-13-35-29(24)37(36-25)15(2)27-22(16-5-3-6-17(30)12-16)26(38)23-19(31)7-4-8-21(23)39-27/h3-13,15H,1-2H3,(H2,33,34,35). The van der Waals surface area contributed by atoms with Gasteiger partial charge in [-0.25, -0.2) is 27.8 Å². The molecule has 1 atom stereocenters. The molecule has 0 aliphatic heterocycles. The molecular weight excluding hydrogens is 507 g/mol. The molecule has 10 heteroatoms. The van der Waals surface area contributed by atoms with E-state index in [2.05, 4.69) is 15.1 Å². The molecule has 3 aromatic heterocycles. The second-order valence-corrected chi connectivity index (χ2v) is 9.20. The Morgan fingerprint density at radius 3 is 2.51 bits per heavy atom. The van der Waals surface area contributed by atoms with Crippen LogP contribution in [0, 0.1) is 24.4 Å². The molecule has 0 bridgehead atoms. The first-order valence-corrected chi connectivity index (χ1v) is 12.0.